The van der Waals surface area contributed by atoms with Crippen LogP contribution in [0.25, 0.3) is 0 Å². The minimum Gasteiger partial charge on any atom is -0.354 e. The lowest BCUT2D eigenvalue weighted by Crippen LogP contribution is -2.40. The number of carbonyl (C=O) groups excluding carboxylic acids is 1. The van der Waals surface area contributed by atoms with Crippen molar-refractivity contribution in [3.05, 3.63) is 46.5 Å². The van der Waals surface area contributed by atoms with Crippen molar-refractivity contribution in [2.75, 3.05) is 6.54 Å². The number of rotatable bonds is 6. The lowest BCUT2D eigenvalue weighted by Gasteiger charge is -2.10. The first-order valence-corrected chi connectivity index (χ1v) is 6.38. The van der Waals surface area contributed by atoms with Crippen LogP contribution in [-0.4, -0.2) is 18.5 Å². The fourth-order valence-electron chi connectivity index (χ4n) is 1.46. The average Bonchev–Trinajstić information content (AvgIpc) is 2.32. The summed E-state index contributed by atoms with van der Waals surface area (Å²) >= 11 is 11.8. The monoisotopic (exact) mass is 286 g/mol. The van der Waals surface area contributed by atoms with E-state index in [9.17, 15) is 4.79 Å². The van der Waals surface area contributed by atoms with Crippen molar-refractivity contribution in [2.24, 2.45) is 5.73 Å². The third-order valence-electron chi connectivity index (χ3n) is 2.47. The van der Waals surface area contributed by atoms with E-state index in [2.05, 4.69) is 11.9 Å². The van der Waals surface area contributed by atoms with Gasteiger partial charge in [0.25, 0.3) is 0 Å². The van der Waals surface area contributed by atoms with E-state index in [-0.39, 0.29) is 5.91 Å². The van der Waals surface area contributed by atoms with Gasteiger partial charge in [0.15, 0.2) is 0 Å². The molecule has 0 saturated carbocycles. The van der Waals surface area contributed by atoms with Gasteiger partial charge in [-0.3, -0.25) is 4.79 Å². The second kappa shape index (κ2) is 7.41. The van der Waals surface area contributed by atoms with Crippen LogP contribution in [0.2, 0.25) is 10.0 Å². The van der Waals surface area contributed by atoms with Gasteiger partial charge in [-0.1, -0.05) is 35.3 Å². The molecule has 1 unspecified atom stereocenters. The molecule has 0 spiro atoms. The number of carbonyl (C=O) groups is 1. The Balaban J connectivity index is 2.42. The quantitative estimate of drug-likeness (QED) is 0.790. The highest BCUT2D eigenvalue weighted by molar-refractivity contribution is 6.35. The van der Waals surface area contributed by atoms with Crippen LogP contribution in [0, 0.1) is 0 Å². The second-order valence-corrected chi connectivity index (χ2v) is 4.75. The predicted octanol–water partition coefficient (Wildman–Crippen LogP) is 2.56. The van der Waals surface area contributed by atoms with Gasteiger partial charge in [0.1, 0.15) is 0 Å². The summed E-state index contributed by atoms with van der Waals surface area (Å²) in [4.78, 5) is 11.5. The summed E-state index contributed by atoms with van der Waals surface area (Å²) in [7, 11) is 0. The summed E-state index contributed by atoms with van der Waals surface area (Å²) in [5.74, 6) is -0.181. The van der Waals surface area contributed by atoms with E-state index in [1.165, 1.54) is 0 Å². The van der Waals surface area contributed by atoms with Crippen LogP contribution in [0.1, 0.15) is 12.0 Å². The van der Waals surface area contributed by atoms with Gasteiger partial charge in [0.05, 0.1) is 6.04 Å². The highest BCUT2D eigenvalue weighted by Crippen LogP contribution is 2.20. The van der Waals surface area contributed by atoms with Crippen molar-refractivity contribution in [1.82, 2.24) is 5.32 Å². The number of halogens is 2. The minimum atomic E-state index is -0.539. The van der Waals surface area contributed by atoms with Crippen molar-refractivity contribution < 1.29 is 4.79 Å². The third-order valence-corrected chi connectivity index (χ3v) is 3.05. The van der Waals surface area contributed by atoms with E-state index in [0.717, 1.165) is 5.56 Å². The third kappa shape index (κ3) is 4.69. The SMILES string of the molecule is C=CCC(N)C(=O)NCCc1ccc(Cl)cc1Cl. The number of benzene rings is 1. The Bertz CT molecular complexity index is 435. The van der Waals surface area contributed by atoms with Crippen molar-refractivity contribution in [3.63, 3.8) is 0 Å². The Kier molecular flexibility index (Phi) is 6.19. The second-order valence-electron chi connectivity index (χ2n) is 3.91. The molecule has 0 aliphatic heterocycles. The number of hydrogen-bond donors (Lipinski definition) is 2. The van der Waals surface area contributed by atoms with Gasteiger partial charge in [-0.15, -0.1) is 6.58 Å². The molecule has 1 aromatic carbocycles. The van der Waals surface area contributed by atoms with E-state index in [1.807, 2.05) is 6.07 Å². The number of amides is 1. The number of nitrogens with one attached hydrogen (secondary N) is 1. The van der Waals surface area contributed by atoms with Crippen LogP contribution in [0.15, 0.2) is 30.9 Å². The molecule has 5 heteroatoms. The van der Waals surface area contributed by atoms with Gasteiger partial charge in [-0.2, -0.15) is 0 Å². The predicted molar refractivity (Wildman–Crippen MR) is 76.0 cm³/mol. The maximum atomic E-state index is 11.5. The minimum absolute atomic E-state index is 0.181. The number of nitrogens with two attached hydrogens (primary N) is 1. The number of hydrogen-bond acceptors (Lipinski definition) is 2. The zero-order valence-corrected chi connectivity index (χ0v) is 11.5. The molecule has 18 heavy (non-hydrogen) atoms. The van der Waals surface area contributed by atoms with Gasteiger partial charge in [0, 0.05) is 16.6 Å². The smallest absolute Gasteiger partial charge is 0.237 e. The van der Waals surface area contributed by atoms with Crippen LogP contribution < -0.4 is 11.1 Å². The summed E-state index contributed by atoms with van der Waals surface area (Å²) in [6.07, 6.45) is 2.73. The van der Waals surface area contributed by atoms with E-state index < -0.39 is 6.04 Å². The van der Waals surface area contributed by atoms with Crippen LogP contribution in [0.3, 0.4) is 0 Å². The van der Waals surface area contributed by atoms with Crippen LogP contribution >= 0.6 is 23.2 Å². The zero-order chi connectivity index (χ0) is 13.5. The van der Waals surface area contributed by atoms with Gasteiger partial charge in [-0.25, -0.2) is 0 Å². The van der Waals surface area contributed by atoms with E-state index >= 15 is 0 Å². The lowest BCUT2D eigenvalue weighted by atomic mass is 10.1. The molecule has 0 radical (unpaired) electrons. The molecule has 98 valence electrons. The van der Waals surface area contributed by atoms with Crippen LogP contribution in [-0.2, 0) is 11.2 Å². The summed E-state index contributed by atoms with van der Waals surface area (Å²) < 4.78 is 0. The fraction of sp³-hybridized carbons (Fsp3) is 0.308. The summed E-state index contributed by atoms with van der Waals surface area (Å²) in [6.45, 7) is 4.03. The van der Waals surface area contributed by atoms with Crippen molar-refractivity contribution in [1.29, 1.82) is 0 Å². The molecule has 0 aliphatic carbocycles. The van der Waals surface area contributed by atoms with Crippen molar-refractivity contribution in [3.8, 4) is 0 Å². The standard InChI is InChI=1S/C13H16Cl2N2O/c1-2-3-12(16)13(18)17-7-6-9-4-5-10(14)8-11(9)15/h2,4-5,8,12H,1,3,6-7,16H2,(H,17,18). The molecule has 1 atom stereocenters. The summed E-state index contributed by atoms with van der Waals surface area (Å²) in [5, 5.41) is 3.96. The van der Waals surface area contributed by atoms with E-state index in [1.54, 1.807) is 18.2 Å². The Hall–Kier alpha value is -1.03. The first kappa shape index (κ1) is 15.0. The molecule has 0 saturated heterocycles. The topological polar surface area (TPSA) is 55.1 Å². The molecule has 0 heterocycles. The molecule has 1 amide bonds. The Morgan fingerprint density at radius 1 is 1.50 bits per heavy atom. The van der Waals surface area contributed by atoms with Crippen molar-refractivity contribution in [2.45, 2.75) is 18.9 Å². The molecular weight excluding hydrogens is 271 g/mol. The Labute approximate surface area is 117 Å². The fourth-order valence-corrected chi connectivity index (χ4v) is 1.97. The van der Waals surface area contributed by atoms with Gasteiger partial charge in [0.2, 0.25) is 5.91 Å². The molecule has 3 N–H and O–H groups in total. The lowest BCUT2D eigenvalue weighted by molar-refractivity contribution is -0.122. The normalized spacial score (nSPS) is 11.9. The Morgan fingerprint density at radius 2 is 2.22 bits per heavy atom. The van der Waals surface area contributed by atoms with Crippen molar-refractivity contribution >= 4 is 29.1 Å². The Morgan fingerprint density at radius 3 is 2.83 bits per heavy atom. The molecule has 1 aromatic rings. The highest BCUT2D eigenvalue weighted by Gasteiger charge is 2.10. The first-order chi connectivity index (χ1) is 8.54. The summed E-state index contributed by atoms with van der Waals surface area (Å²) in [6, 6.07) is 4.77. The molecule has 0 aromatic heterocycles. The van der Waals surface area contributed by atoms with Crippen LogP contribution in [0.5, 0.6) is 0 Å². The van der Waals surface area contributed by atoms with E-state index in [0.29, 0.717) is 29.4 Å². The van der Waals surface area contributed by atoms with E-state index in [4.69, 9.17) is 28.9 Å². The zero-order valence-electron chi connectivity index (χ0n) is 9.96. The first-order valence-electron chi connectivity index (χ1n) is 5.62. The highest BCUT2D eigenvalue weighted by atomic mass is 35.5. The maximum absolute atomic E-state index is 11.5. The van der Waals surface area contributed by atoms with Gasteiger partial charge >= 0.3 is 0 Å². The molecule has 0 aliphatic rings. The molecule has 1 rings (SSSR count). The molecule has 3 nitrogen and oxygen atoms in total. The molecule has 0 fully saturated rings. The maximum Gasteiger partial charge on any atom is 0.237 e. The van der Waals surface area contributed by atoms with Crippen LogP contribution in [0.4, 0.5) is 0 Å². The molecular formula is C13H16Cl2N2O. The molecule has 0 bridgehead atoms. The summed E-state index contributed by atoms with van der Waals surface area (Å²) in [5.41, 5.74) is 6.57. The van der Waals surface area contributed by atoms with Gasteiger partial charge < -0.3 is 11.1 Å². The van der Waals surface area contributed by atoms with Gasteiger partial charge in [-0.05, 0) is 30.5 Å². The largest absolute Gasteiger partial charge is 0.354 e. The average molecular weight is 287 g/mol.